The molecular formula is C26H25NO3. The molecule has 2 aromatic carbocycles. The van der Waals surface area contributed by atoms with Crippen molar-refractivity contribution in [2.75, 3.05) is 0 Å². The van der Waals surface area contributed by atoms with E-state index in [0.29, 0.717) is 17.0 Å². The number of rotatable bonds is 1. The van der Waals surface area contributed by atoms with Gasteiger partial charge in [-0.2, -0.15) is 0 Å². The molecule has 4 heteroatoms. The Morgan fingerprint density at radius 1 is 0.900 bits per heavy atom. The van der Waals surface area contributed by atoms with Crippen LogP contribution in [-0.2, 0) is 25.7 Å². The van der Waals surface area contributed by atoms with Crippen LogP contribution in [0.1, 0.15) is 40.4 Å². The van der Waals surface area contributed by atoms with Crippen molar-refractivity contribution >= 4 is 17.0 Å². The second-order valence-corrected chi connectivity index (χ2v) is 9.25. The molecule has 0 N–H and O–H groups in total. The zero-order chi connectivity index (χ0) is 20.4. The van der Waals surface area contributed by atoms with Crippen molar-refractivity contribution in [2.45, 2.75) is 39.0 Å². The molecule has 9 rings (SSSR count). The van der Waals surface area contributed by atoms with Crippen LogP contribution in [0.15, 0.2) is 57.8 Å². The molecule has 0 unspecified atom stereocenters. The lowest BCUT2D eigenvalue weighted by molar-refractivity contribution is 0.0772. The Morgan fingerprint density at radius 3 is 2.20 bits per heavy atom. The first-order chi connectivity index (χ1) is 14.6. The Kier molecular flexibility index (Phi) is 3.92. The summed E-state index contributed by atoms with van der Waals surface area (Å²) in [5, 5.41) is 0. The van der Waals surface area contributed by atoms with Gasteiger partial charge in [-0.3, -0.25) is 4.79 Å². The summed E-state index contributed by atoms with van der Waals surface area (Å²) >= 11 is 0. The van der Waals surface area contributed by atoms with Crippen molar-refractivity contribution in [1.29, 1.82) is 0 Å². The van der Waals surface area contributed by atoms with E-state index in [4.69, 9.17) is 4.42 Å². The van der Waals surface area contributed by atoms with Gasteiger partial charge in [-0.25, -0.2) is 9.36 Å². The van der Waals surface area contributed by atoms with Crippen LogP contribution in [0.25, 0.3) is 11.1 Å². The van der Waals surface area contributed by atoms with Crippen LogP contribution < -0.4 is 5.76 Å². The molecule has 4 atom stereocenters. The second kappa shape index (κ2) is 6.56. The smallest absolute Gasteiger partial charge is 0.407 e. The molecule has 1 saturated carbocycles. The molecule has 0 radical (unpaired) electrons. The van der Waals surface area contributed by atoms with Crippen LogP contribution in [-0.4, -0.2) is 10.5 Å². The summed E-state index contributed by atoms with van der Waals surface area (Å²) in [6.45, 7) is 2.14. The fourth-order valence-electron chi connectivity index (χ4n) is 5.89. The van der Waals surface area contributed by atoms with Gasteiger partial charge in [0.15, 0.2) is 5.58 Å². The lowest BCUT2D eigenvalue weighted by Crippen LogP contribution is -2.35. The fraction of sp³-hybridized carbons (Fsp3) is 0.385. The predicted molar refractivity (Wildman–Crippen MR) is 116 cm³/mol. The SMILES string of the molecule is C[C@@H]1[C@@H](C(=O)n2c(=O)oc3c4ccc(c32)CCc2ccc(cc2)CC4)[C@H]2C=C[C@@H]1C2. The van der Waals surface area contributed by atoms with Crippen LogP contribution in [0.2, 0.25) is 0 Å². The molecule has 1 aromatic heterocycles. The molecule has 6 bridgehead atoms. The molecule has 30 heavy (non-hydrogen) atoms. The molecule has 4 nitrogen and oxygen atoms in total. The third-order valence-corrected chi connectivity index (χ3v) is 7.64. The quantitative estimate of drug-likeness (QED) is 0.563. The van der Waals surface area contributed by atoms with Crippen LogP contribution >= 0.6 is 0 Å². The van der Waals surface area contributed by atoms with Crippen LogP contribution in [0.4, 0.5) is 0 Å². The van der Waals surface area contributed by atoms with Gasteiger partial charge in [0.25, 0.3) is 0 Å². The lowest BCUT2D eigenvalue weighted by atomic mass is 9.83. The third-order valence-electron chi connectivity index (χ3n) is 7.64. The van der Waals surface area contributed by atoms with Gasteiger partial charge in [-0.15, -0.1) is 0 Å². The molecule has 3 aromatic rings. The normalized spacial score (nSPS) is 27.0. The average molecular weight is 399 g/mol. The third kappa shape index (κ3) is 2.59. The van der Waals surface area contributed by atoms with E-state index in [2.05, 4.69) is 55.5 Å². The zero-order valence-electron chi connectivity index (χ0n) is 17.1. The first-order valence-corrected chi connectivity index (χ1v) is 11.1. The molecular weight excluding hydrogens is 374 g/mol. The van der Waals surface area contributed by atoms with Crippen LogP contribution in [0, 0.1) is 23.7 Å². The Morgan fingerprint density at radius 2 is 1.53 bits per heavy atom. The highest BCUT2D eigenvalue weighted by Crippen LogP contribution is 2.48. The summed E-state index contributed by atoms with van der Waals surface area (Å²) in [5.41, 5.74) is 5.87. The molecule has 6 aliphatic rings. The summed E-state index contributed by atoms with van der Waals surface area (Å²) in [6, 6.07) is 12.9. The number of fused-ring (bicyclic) bond motifs is 2. The largest absolute Gasteiger partial charge is 0.426 e. The van der Waals surface area contributed by atoms with Gasteiger partial charge in [0.2, 0.25) is 5.91 Å². The first kappa shape index (κ1) is 17.9. The average Bonchev–Trinajstić information content (AvgIpc) is 3.42. The van der Waals surface area contributed by atoms with Gasteiger partial charge in [-0.05, 0) is 72.1 Å². The maximum atomic E-state index is 13.7. The second-order valence-electron chi connectivity index (χ2n) is 9.25. The summed E-state index contributed by atoms with van der Waals surface area (Å²) in [4.78, 5) is 26.6. The molecule has 1 fully saturated rings. The van der Waals surface area contributed by atoms with Crippen LogP contribution in [0.5, 0.6) is 0 Å². The van der Waals surface area contributed by atoms with Crippen molar-refractivity contribution in [3.05, 3.63) is 81.4 Å². The van der Waals surface area contributed by atoms with Crippen LogP contribution in [0.3, 0.4) is 0 Å². The predicted octanol–water partition coefficient (Wildman–Crippen LogP) is 4.58. The van der Waals surface area contributed by atoms with Crippen molar-refractivity contribution in [3.8, 4) is 0 Å². The van der Waals surface area contributed by atoms with Crippen molar-refractivity contribution in [1.82, 2.24) is 4.57 Å². The molecule has 1 heterocycles. The van der Waals surface area contributed by atoms with Crippen molar-refractivity contribution in [2.24, 2.45) is 23.7 Å². The number of benzene rings is 2. The maximum Gasteiger partial charge on any atom is 0.426 e. The van der Waals surface area contributed by atoms with E-state index in [-0.39, 0.29) is 23.7 Å². The highest BCUT2D eigenvalue weighted by molar-refractivity contribution is 5.94. The molecule has 0 saturated heterocycles. The molecule has 0 amide bonds. The zero-order valence-corrected chi connectivity index (χ0v) is 17.1. The van der Waals surface area contributed by atoms with E-state index in [1.807, 2.05) is 0 Å². The summed E-state index contributed by atoms with van der Waals surface area (Å²) in [6.07, 6.45) is 8.74. The Labute approximate surface area is 175 Å². The summed E-state index contributed by atoms with van der Waals surface area (Å²) < 4.78 is 7.13. The Hall–Kier alpha value is -2.88. The molecule has 152 valence electrons. The van der Waals surface area contributed by atoms with Gasteiger partial charge in [0.05, 0.1) is 0 Å². The number of hydrogen-bond acceptors (Lipinski definition) is 3. The monoisotopic (exact) mass is 399 g/mol. The standard InChI is InChI=1S/C26H25NO3/c1-15-20-12-13-21(14-20)22(15)25(28)27-23-18-8-6-16-2-4-17(5-3-16)7-9-19(11-10-18)24(23)30-26(27)29/h2-5,10-13,15,20-22H,6-9,14H2,1H3/t15-,20+,21-,22+/m0/s1. The molecule has 6 aliphatic carbocycles. The molecule has 0 aliphatic heterocycles. The van der Waals surface area contributed by atoms with Crippen molar-refractivity contribution < 1.29 is 9.21 Å². The number of oxazole rings is 1. The number of nitrogens with zero attached hydrogens (tertiary/aromatic N) is 1. The fourth-order valence-corrected chi connectivity index (χ4v) is 5.89. The van der Waals surface area contributed by atoms with Gasteiger partial charge < -0.3 is 4.42 Å². The van der Waals surface area contributed by atoms with Gasteiger partial charge in [-0.1, -0.05) is 55.5 Å². The number of carbonyl (C=O) groups excluding carboxylic acids is 1. The number of aryl methyl sites for hydroxylation is 4. The number of aromatic nitrogens is 1. The van der Waals surface area contributed by atoms with E-state index in [9.17, 15) is 9.59 Å². The maximum absolute atomic E-state index is 13.7. The molecule has 0 spiro atoms. The minimum absolute atomic E-state index is 0.0862. The number of allylic oxidation sites excluding steroid dienone is 2. The minimum atomic E-state index is -0.531. The topological polar surface area (TPSA) is 52.2 Å². The highest BCUT2D eigenvalue weighted by Gasteiger charge is 2.47. The minimum Gasteiger partial charge on any atom is -0.407 e. The highest BCUT2D eigenvalue weighted by atomic mass is 16.4. The van der Waals surface area contributed by atoms with E-state index < -0.39 is 5.76 Å². The van der Waals surface area contributed by atoms with Gasteiger partial charge >= 0.3 is 5.76 Å². The Bertz CT molecular complexity index is 1240. The van der Waals surface area contributed by atoms with E-state index in [1.54, 1.807) is 0 Å². The summed E-state index contributed by atoms with van der Waals surface area (Å²) in [5.74, 6) is 0.201. The Balaban J connectivity index is 1.50. The van der Waals surface area contributed by atoms with E-state index >= 15 is 0 Å². The number of carbonyl (C=O) groups is 1. The lowest BCUT2D eigenvalue weighted by Gasteiger charge is -2.23. The first-order valence-electron chi connectivity index (χ1n) is 11.1. The van der Waals surface area contributed by atoms with E-state index in [1.165, 1.54) is 15.7 Å². The van der Waals surface area contributed by atoms with Crippen molar-refractivity contribution in [3.63, 3.8) is 0 Å². The van der Waals surface area contributed by atoms with Gasteiger partial charge in [0, 0.05) is 5.92 Å². The van der Waals surface area contributed by atoms with E-state index in [0.717, 1.165) is 43.2 Å². The number of hydrogen-bond donors (Lipinski definition) is 0. The van der Waals surface area contributed by atoms with Gasteiger partial charge in [0.1, 0.15) is 5.52 Å². The summed E-state index contributed by atoms with van der Waals surface area (Å²) in [7, 11) is 0.